The van der Waals surface area contributed by atoms with Crippen LogP contribution in [0.3, 0.4) is 0 Å². The van der Waals surface area contributed by atoms with Crippen molar-refractivity contribution in [1.29, 1.82) is 0 Å². The lowest BCUT2D eigenvalue weighted by Gasteiger charge is -2.11. The quantitative estimate of drug-likeness (QED) is 0.466. The molecule has 32 heavy (non-hydrogen) atoms. The molecule has 0 unspecified atom stereocenters. The van der Waals surface area contributed by atoms with E-state index in [9.17, 15) is 14.7 Å². The van der Waals surface area contributed by atoms with Gasteiger partial charge in [-0.25, -0.2) is 9.79 Å². The van der Waals surface area contributed by atoms with Crippen molar-refractivity contribution in [1.82, 2.24) is 4.90 Å². The van der Waals surface area contributed by atoms with Crippen LogP contribution in [-0.2, 0) is 4.79 Å². The molecule has 0 saturated carbocycles. The van der Waals surface area contributed by atoms with Crippen LogP contribution in [0.1, 0.15) is 22.8 Å². The average molecular weight is 471 g/mol. The predicted molar refractivity (Wildman–Crippen MR) is 126 cm³/mol. The molecular weight excluding hydrogens is 452 g/mol. The maximum absolute atomic E-state index is 12.7. The highest BCUT2D eigenvalue weighted by Gasteiger charge is 2.30. The van der Waals surface area contributed by atoms with Gasteiger partial charge in [0.1, 0.15) is 6.61 Å². The number of hydrogen-bond donors (Lipinski definition) is 1. The van der Waals surface area contributed by atoms with Crippen LogP contribution in [0.2, 0.25) is 5.02 Å². The Morgan fingerprint density at radius 2 is 2.06 bits per heavy atom. The molecule has 2 aromatic rings. The molecule has 1 aliphatic heterocycles. The first-order valence-electron chi connectivity index (χ1n) is 9.46. The molecule has 0 bridgehead atoms. The Hall–Kier alpha value is -3.41. The molecule has 1 aliphatic rings. The lowest BCUT2D eigenvalue weighted by Crippen LogP contribution is -2.23. The van der Waals surface area contributed by atoms with Crippen LogP contribution in [-0.4, -0.2) is 47.3 Å². The molecule has 0 atom stereocenters. The fraction of sp³-hybridized carbons (Fsp3) is 0.174. The molecule has 9 heteroatoms. The second kappa shape index (κ2) is 10.3. The topological polar surface area (TPSA) is 88.4 Å². The number of likely N-dealkylation sites (N-methyl/N-ethyl adjacent to an activating group) is 1. The van der Waals surface area contributed by atoms with Crippen molar-refractivity contribution in [3.05, 3.63) is 57.5 Å². The van der Waals surface area contributed by atoms with Crippen molar-refractivity contribution >= 4 is 52.2 Å². The Kier molecular flexibility index (Phi) is 7.46. The fourth-order valence-corrected chi connectivity index (χ4v) is 3.97. The molecule has 1 amide bonds. The minimum absolute atomic E-state index is 0.0585. The Morgan fingerprint density at radius 3 is 2.75 bits per heavy atom. The number of carboxylic acids is 1. The third-order valence-electron chi connectivity index (χ3n) is 4.29. The van der Waals surface area contributed by atoms with Crippen LogP contribution >= 0.6 is 23.4 Å². The van der Waals surface area contributed by atoms with Gasteiger partial charge in [-0.1, -0.05) is 23.6 Å². The molecule has 1 heterocycles. The van der Waals surface area contributed by atoms with Crippen molar-refractivity contribution in [3.8, 4) is 23.8 Å². The van der Waals surface area contributed by atoms with Gasteiger partial charge in [-0.3, -0.25) is 9.69 Å². The number of carboxylic acid groups (broad SMARTS) is 1. The summed E-state index contributed by atoms with van der Waals surface area (Å²) in [5.41, 5.74) is 1.06. The highest BCUT2D eigenvalue weighted by atomic mass is 35.5. The van der Waals surface area contributed by atoms with E-state index in [1.165, 1.54) is 28.8 Å². The van der Waals surface area contributed by atoms with Crippen molar-refractivity contribution in [2.45, 2.75) is 6.92 Å². The lowest BCUT2D eigenvalue weighted by molar-refractivity contribution is -0.121. The van der Waals surface area contributed by atoms with Gasteiger partial charge in [-0.05, 0) is 60.7 Å². The molecule has 164 valence electrons. The summed E-state index contributed by atoms with van der Waals surface area (Å²) in [4.78, 5) is 30.3. The summed E-state index contributed by atoms with van der Waals surface area (Å²) in [6, 6.07) is 9.71. The summed E-state index contributed by atoms with van der Waals surface area (Å²) >= 11 is 7.09. The summed E-state index contributed by atoms with van der Waals surface area (Å²) < 4.78 is 11.1. The highest BCUT2D eigenvalue weighted by Crippen LogP contribution is 2.35. The number of amidine groups is 1. The molecule has 0 spiro atoms. The maximum atomic E-state index is 12.7. The zero-order valence-corrected chi connectivity index (χ0v) is 18.9. The molecule has 0 aromatic heterocycles. The number of carbonyl (C=O) groups excluding carboxylic acids is 1. The van der Waals surface area contributed by atoms with Gasteiger partial charge in [-0.2, -0.15) is 0 Å². The average Bonchev–Trinajstić information content (AvgIpc) is 3.02. The first-order valence-corrected chi connectivity index (χ1v) is 10.7. The number of thioether (sulfide) groups is 1. The normalized spacial score (nSPS) is 15.8. The molecule has 0 radical (unpaired) electrons. The van der Waals surface area contributed by atoms with E-state index in [0.717, 1.165) is 5.56 Å². The predicted octanol–water partition coefficient (Wildman–Crippen LogP) is 4.68. The Morgan fingerprint density at radius 1 is 1.28 bits per heavy atom. The van der Waals surface area contributed by atoms with Crippen molar-refractivity contribution < 1.29 is 24.2 Å². The van der Waals surface area contributed by atoms with Gasteiger partial charge in [0.15, 0.2) is 16.7 Å². The van der Waals surface area contributed by atoms with Gasteiger partial charge in [0.2, 0.25) is 0 Å². The van der Waals surface area contributed by atoms with Gasteiger partial charge < -0.3 is 14.6 Å². The summed E-state index contributed by atoms with van der Waals surface area (Å²) in [5, 5.41) is 9.77. The molecule has 1 N–H and O–H groups in total. The highest BCUT2D eigenvalue weighted by molar-refractivity contribution is 8.18. The van der Waals surface area contributed by atoms with Crippen LogP contribution in [0.25, 0.3) is 6.08 Å². The van der Waals surface area contributed by atoms with Crippen molar-refractivity contribution in [2.24, 2.45) is 4.99 Å². The zero-order chi connectivity index (χ0) is 23.3. The summed E-state index contributed by atoms with van der Waals surface area (Å²) in [7, 11) is 1.60. The smallest absolute Gasteiger partial charge is 0.337 e. The van der Waals surface area contributed by atoms with E-state index in [1.807, 2.05) is 6.92 Å². The van der Waals surface area contributed by atoms with E-state index in [4.69, 9.17) is 27.5 Å². The number of halogens is 1. The largest absolute Gasteiger partial charge is 0.490 e. The van der Waals surface area contributed by atoms with Crippen molar-refractivity contribution in [2.75, 3.05) is 20.3 Å². The number of aliphatic imine (C=N–C) groups is 1. The summed E-state index contributed by atoms with van der Waals surface area (Å²) in [6.07, 6.45) is 6.98. The number of nitrogens with zero attached hydrogens (tertiary/aromatic N) is 2. The molecule has 2 aromatic carbocycles. The SMILES string of the molecule is C#CCOc1ccc(C=C2SC(=Nc3ccc(Cl)c(C(=O)O)c3)N(C)C2=O)cc1OCC. The lowest BCUT2D eigenvalue weighted by atomic mass is 10.2. The number of rotatable bonds is 7. The van der Waals surface area contributed by atoms with Gasteiger partial charge in [-0.15, -0.1) is 6.42 Å². The monoisotopic (exact) mass is 470 g/mol. The number of ether oxygens (including phenoxy) is 2. The third-order valence-corrected chi connectivity index (χ3v) is 5.67. The minimum atomic E-state index is -1.15. The molecule has 3 rings (SSSR count). The number of terminal acetylenes is 1. The first-order chi connectivity index (χ1) is 15.3. The summed E-state index contributed by atoms with van der Waals surface area (Å²) in [5.74, 6) is 2.08. The first kappa shape index (κ1) is 23.3. The standard InChI is InChI=1S/C23H19ClN2O5S/c1-4-10-31-18-9-6-14(11-19(18)30-5-2)12-20-21(27)26(3)23(32-20)25-15-7-8-17(24)16(13-15)22(28)29/h1,6-9,11-13H,5,10H2,2-3H3,(H,28,29). The van der Waals surface area contributed by atoms with E-state index < -0.39 is 5.97 Å². The number of benzene rings is 2. The third kappa shape index (κ3) is 5.25. The van der Waals surface area contributed by atoms with E-state index in [0.29, 0.717) is 33.9 Å². The summed E-state index contributed by atoms with van der Waals surface area (Å²) in [6.45, 7) is 2.42. The van der Waals surface area contributed by atoms with Crippen LogP contribution in [0.4, 0.5) is 5.69 Å². The Labute approximate surface area is 194 Å². The second-order valence-corrected chi connectivity index (χ2v) is 7.89. The van der Waals surface area contributed by atoms with Gasteiger partial charge in [0.25, 0.3) is 5.91 Å². The van der Waals surface area contributed by atoms with Gasteiger partial charge >= 0.3 is 5.97 Å². The van der Waals surface area contributed by atoms with E-state index >= 15 is 0 Å². The van der Waals surface area contributed by atoms with E-state index in [2.05, 4.69) is 10.9 Å². The minimum Gasteiger partial charge on any atom is -0.490 e. The Bertz CT molecular complexity index is 1170. The van der Waals surface area contributed by atoms with Crippen LogP contribution in [0.15, 0.2) is 46.3 Å². The van der Waals surface area contributed by atoms with Crippen molar-refractivity contribution in [3.63, 3.8) is 0 Å². The molecular formula is C23H19ClN2O5S. The fourth-order valence-electron chi connectivity index (χ4n) is 2.78. The zero-order valence-electron chi connectivity index (χ0n) is 17.3. The number of hydrogen-bond acceptors (Lipinski definition) is 6. The number of amides is 1. The van der Waals surface area contributed by atoms with Crippen LogP contribution in [0, 0.1) is 12.3 Å². The number of aromatic carboxylic acids is 1. The maximum Gasteiger partial charge on any atom is 0.337 e. The second-order valence-electron chi connectivity index (χ2n) is 6.47. The molecule has 1 fully saturated rings. The Balaban J connectivity index is 1.89. The van der Waals surface area contributed by atoms with Gasteiger partial charge in [0, 0.05) is 7.05 Å². The number of carbonyl (C=O) groups is 2. The van der Waals surface area contributed by atoms with Crippen LogP contribution in [0.5, 0.6) is 11.5 Å². The molecule has 7 nitrogen and oxygen atoms in total. The molecule has 1 saturated heterocycles. The van der Waals surface area contributed by atoms with Crippen LogP contribution < -0.4 is 9.47 Å². The van der Waals surface area contributed by atoms with E-state index in [1.54, 1.807) is 37.4 Å². The van der Waals surface area contributed by atoms with Gasteiger partial charge in [0.05, 0.1) is 27.8 Å². The molecule has 0 aliphatic carbocycles. The van der Waals surface area contributed by atoms with E-state index in [-0.39, 0.29) is 23.1 Å².